The van der Waals surface area contributed by atoms with E-state index >= 15 is 0 Å². The van der Waals surface area contributed by atoms with Gasteiger partial charge in [0.25, 0.3) is 0 Å². The Kier molecular flexibility index (Phi) is 4.93. The lowest BCUT2D eigenvalue weighted by atomic mass is 10.1. The minimum Gasteiger partial charge on any atom is -0.303 e. The molecule has 0 aromatic carbocycles. The summed E-state index contributed by atoms with van der Waals surface area (Å²) in [6.07, 6.45) is 3.05. The fourth-order valence-corrected chi connectivity index (χ4v) is 4.14. The number of hydrogen-bond acceptors (Lipinski definition) is 5. The predicted molar refractivity (Wildman–Crippen MR) is 79.0 cm³/mol. The summed E-state index contributed by atoms with van der Waals surface area (Å²) in [5.74, 6) is 0. The Labute approximate surface area is 126 Å². The second-order valence-corrected chi connectivity index (χ2v) is 7.11. The molecule has 0 saturated carbocycles. The first-order chi connectivity index (χ1) is 10.0. The van der Waals surface area contributed by atoms with Gasteiger partial charge in [0.15, 0.2) is 5.69 Å². The van der Waals surface area contributed by atoms with Gasteiger partial charge in [-0.05, 0) is 44.6 Å². The van der Waals surface area contributed by atoms with Gasteiger partial charge in [-0.3, -0.25) is 0 Å². The molecule has 1 aromatic rings. The second kappa shape index (κ2) is 6.52. The number of pyridine rings is 1. The Hall–Kier alpha value is -1.49. The average Bonchev–Trinajstić information content (AvgIpc) is 2.54. The van der Waals surface area contributed by atoms with Crippen LogP contribution >= 0.6 is 0 Å². The highest BCUT2D eigenvalue weighted by molar-refractivity contribution is 7.89. The number of nitrogens with zero attached hydrogens (tertiary/aromatic N) is 4. The minimum atomic E-state index is -3.68. The van der Waals surface area contributed by atoms with Crippen LogP contribution in [0.15, 0.2) is 23.2 Å². The molecule has 1 aliphatic rings. The lowest BCUT2D eigenvalue weighted by Gasteiger charge is -2.35. The summed E-state index contributed by atoms with van der Waals surface area (Å²) >= 11 is 0. The van der Waals surface area contributed by atoms with E-state index in [0.29, 0.717) is 0 Å². The van der Waals surface area contributed by atoms with Gasteiger partial charge in [0.2, 0.25) is 10.0 Å². The third-order valence-electron chi connectivity index (χ3n) is 4.05. The van der Waals surface area contributed by atoms with Crippen LogP contribution in [0.2, 0.25) is 0 Å². The van der Waals surface area contributed by atoms with E-state index in [1.165, 1.54) is 16.6 Å². The first-order valence-electron chi connectivity index (χ1n) is 7.06. The highest BCUT2D eigenvalue weighted by Crippen LogP contribution is 2.23. The number of likely N-dealkylation sites (tertiary alicyclic amines) is 1. The summed E-state index contributed by atoms with van der Waals surface area (Å²) in [6, 6.07) is 4.81. The molecule has 0 unspecified atom stereocenters. The highest BCUT2D eigenvalue weighted by Gasteiger charge is 2.32. The van der Waals surface area contributed by atoms with Gasteiger partial charge in [-0.2, -0.15) is 9.57 Å². The van der Waals surface area contributed by atoms with Gasteiger partial charge < -0.3 is 4.90 Å². The van der Waals surface area contributed by atoms with Crippen LogP contribution in [-0.2, 0) is 10.0 Å². The largest absolute Gasteiger partial charge is 0.303 e. The smallest absolute Gasteiger partial charge is 0.245 e. The van der Waals surface area contributed by atoms with Gasteiger partial charge in [-0.25, -0.2) is 13.4 Å². The van der Waals surface area contributed by atoms with Crippen molar-refractivity contribution in [3.63, 3.8) is 0 Å². The van der Waals surface area contributed by atoms with Crippen LogP contribution in [0, 0.1) is 11.3 Å². The molecule has 0 N–H and O–H groups in total. The number of sulfonamides is 1. The van der Waals surface area contributed by atoms with Crippen molar-refractivity contribution >= 4 is 10.0 Å². The van der Waals surface area contributed by atoms with E-state index < -0.39 is 10.0 Å². The van der Waals surface area contributed by atoms with Crippen molar-refractivity contribution in [3.05, 3.63) is 24.0 Å². The molecule has 1 aliphatic heterocycles. The van der Waals surface area contributed by atoms with E-state index in [0.717, 1.165) is 32.5 Å². The molecule has 6 nitrogen and oxygen atoms in total. The maximum Gasteiger partial charge on any atom is 0.245 e. The fourth-order valence-electron chi connectivity index (χ4n) is 2.63. The summed E-state index contributed by atoms with van der Waals surface area (Å²) in [6.45, 7) is 4.90. The number of piperidine rings is 1. The number of hydrogen-bond donors (Lipinski definition) is 0. The van der Waals surface area contributed by atoms with Crippen molar-refractivity contribution in [1.29, 1.82) is 5.26 Å². The Morgan fingerprint density at radius 1 is 1.48 bits per heavy atom. The normalized spacial score (nSPS) is 17.8. The summed E-state index contributed by atoms with van der Waals surface area (Å²) in [7, 11) is -2.08. The van der Waals surface area contributed by atoms with Crippen molar-refractivity contribution < 1.29 is 8.42 Å². The zero-order valence-electron chi connectivity index (χ0n) is 12.4. The summed E-state index contributed by atoms with van der Waals surface area (Å²) in [5, 5.41) is 9.04. The van der Waals surface area contributed by atoms with Crippen molar-refractivity contribution in [3.8, 4) is 6.07 Å². The Balaban J connectivity index is 2.22. The van der Waals surface area contributed by atoms with Crippen LogP contribution in [-0.4, -0.2) is 55.3 Å². The molecule has 114 valence electrons. The van der Waals surface area contributed by atoms with E-state index in [9.17, 15) is 8.42 Å². The van der Waals surface area contributed by atoms with Crippen LogP contribution in [0.5, 0.6) is 0 Å². The van der Waals surface area contributed by atoms with Crippen LogP contribution in [0.3, 0.4) is 0 Å². The molecule has 7 heteroatoms. The minimum absolute atomic E-state index is 0.00655. The Morgan fingerprint density at radius 3 is 2.71 bits per heavy atom. The summed E-state index contributed by atoms with van der Waals surface area (Å²) in [4.78, 5) is 6.14. The topological polar surface area (TPSA) is 77.3 Å². The van der Waals surface area contributed by atoms with E-state index in [4.69, 9.17) is 5.26 Å². The third kappa shape index (κ3) is 3.23. The monoisotopic (exact) mass is 308 g/mol. The molecule has 0 atom stereocenters. The zero-order valence-corrected chi connectivity index (χ0v) is 13.2. The lowest BCUT2D eigenvalue weighted by Crippen LogP contribution is -2.45. The molecular formula is C14H20N4O2S. The average molecular weight is 308 g/mol. The SMILES string of the molecule is CCN1CCC(N(C)S(=O)(=O)c2cccnc2C#N)CC1. The van der Waals surface area contributed by atoms with Gasteiger partial charge in [0.05, 0.1) is 0 Å². The second-order valence-electron chi connectivity index (χ2n) is 5.15. The molecule has 21 heavy (non-hydrogen) atoms. The van der Waals surface area contributed by atoms with Crippen molar-refractivity contribution in [2.75, 3.05) is 26.7 Å². The van der Waals surface area contributed by atoms with Crippen molar-refractivity contribution in [1.82, 2.24) is 14.2 Å². The summed E-state index contributed by atoms with van der Waals surface area (Å²) in [5.41, 5.74) is -0.0460. The molecule has 2 heterocycles. The fraction of sp³-hybridized carbons (Fsp3) is 0.571. The maximum absolute atomic E-state index is 12.7. The standard InChI is InChI=1S/C14H20N4O2S/c1-3-18-9-6-12(7-10-18)17(2)21(19,20)14-5-4-8-16-13(14)11-15/h4-5,8,12H,3,6-7,9-10H2,1-2H3. The van der Waals surface area contributed by atoms with E-state index in [-0.39, 0.29) is 16.6 Å². The Bertz CT molecular complexity index is 631. The quantitative estimate of drug-likeness (QED) is 0.831. The molecule has 1 saturated heterocycles. The van der Waals surface area contributed by atoms with Gasteiger partial charge in [-0.15, -0.1) is 0 Å². The van der Waals surface area contributed by atoms with E-state index in [2.05, 4.69) is 16.8 Å². The molecule has 0 radical (unpaired) electrons. The third-order valence-corrected chi connectivity index (χ3v) is 5.99. The molecule has 0 spiro atoms. The zero-order chi connectivity index (χ0) is 15.5. The van der Waals surface area contributed by atoms with Crippen LogP contribution in [0.4, 0.5) is 0 Å². The van der Waals surface area contributed by atoms with Crippen molar-refractivity contribution in [2.24, 2.45) is 0 Å². The van der Waals surface area contributed by atoms with Gasteiger partial charge in [0.1, 0.15) is 11.0 Å². The molecule has 0 aliphatic carbocycles. The molecule has 0 bridgehead atoms. The first kappa shape index (κ1) is 15.9. The molecule has 1 fully saturated rings. The Morgan fingerprint density at radius 2 is 2.14 bits per heavy atom. The van der Waals surface area contributed by atoms with Crippen LogP contribution in [0.1, 0.15) is 25.5 Å². The number of rotatable bonds is 4. The predicted octanol–water partition coefficient (Wildman–Crippen LogP) is 1.06. The van der Waals surface area contributed by atoms with E-state index in [1.807, 2.05) is 6.07 Å². The van der Waals surface area contributed by atoms with Crippen molar-refractivity contribution in [2.45, 2.75) is 30.7 Å². The first-order valence-corrected chi connectivity index (χ1v) is 8.50. The van der Waals surface area contributed by atoms with Crippen LogP contribution < -0.4 is 0 Å². The highest BCUT2D eigenvalue weighted by atomic mass is 32.2. The van der Waals surface area contributed by atoms with Gasteiger partial charge in [-0.1, -0.05) is 6.92 Å². The van der Waals surface area contributed by atoms with Crippen LogP contribution in [0.25, 0.3) is 0 Å². The van der Waals surface area contributed by atoms with E-state index in [1.54, 1.807) is 13.1 Å². The lowest BCUT2D eigenvalue weighted by molar-refractivity contribution is 0.176. The molecule has 2 rings (SSSR count). The molecular weight excluding hydrogens is 288 g/mol. The maximum atomic E-state index is 12.7. The number of aromatic nitrogens is 1. The summed E-state index contributed by atoms with van der Waals surface area (Å²) < 4.78 is 26.8. The molecule has 1 aromatic heterocycles. The van der Waals surface area contributed by atoms with Gasteiger partial charge >= 0.3 is 0 Å². The molecule has 0 amide bonds. The van der Waals surface area contributed by atoms with Gasteiger partial charge in [0, 0.05) is 19.3 Å². The number of nitriles is 1.